The van der Waals surface area contributed by atoms with Crippen molar-refractivity contribution in [3.8, 4) is 0 Å². The quantitative estimate of drug-likeness (QED) is 0.799. The predicted molar refractivity (Wildman–Crippen MR) is 100 cm³/mol. The van der Waals surface area contributed by atoms with E-state index in [2.05, 4.69) is 29.2 Å². The van der Waals surface area contributed by atoms with Gasteiger partial charge in [0.1, 0.15) is 12.7 Å². The number of aromatic nitrogens is 3. The lowest BCUT2D eigenvalue weighted by molar-refractivity contribution is 0.288. The van der Waals surface area contributed by atoms with Crippen LogP contribution < -0.4 is 5.32 Å². The van der Waals surface area contributed by atoms with Gasteiger partial charge in [0.25, 0.3) is 0 Å². The Labute approximate surface area is 155 Å². The lowest BCUT2D eigenvalue weighted by Crippen LogP contribution is -2.37. The third kappa shape index (κ3) is 4.49. The van der Waals surface area contributed by atoms with Gasteiger partial charge in [0, 0.05) is 25.7 Å². The highest BCUT2D eigenvalue weighted by atomic mass is 32.2. The van der Waals surface area contributed by atoms with Gasteiger partial charge in [0.15, 0.2) is 0 Å². The number of piperidine rings is 1. The number of hydrogen-bond donors (Lipinski definition) is 1. The fourth-order valence-corrected chi connectivity index (χ4v) is 4.63. The van der Waals surface area contributed by atoms with E-state index in [0.29, 0.717) is 23.9 Å². The normalized spacial score (nSPS) is 18.1. The molecular weight excluding hydrogens is 350 g/mol. The molecule has 1 N–H and O–H groups in total. The van der Waals surface area contributed by atoms with Crippen molar-refractivity contribution < 1.29 is 8.42 Å². The molecule has 1 aromatic heterocycles. The summed E-state index contributed by atoms with van der Waals surface area (Å²) < 4.78 is 28.9. The molecule has 0 bridgehead atoms. The van der Waals surface area contributed by atoms with Gasteiger partial charge in [0.2, 0.25) is 10.0 Å². The number of nitrogens with one attached hydrogen (secondary N) is 1. The smallest absolute Gasteiger partial charge is 0.243 e. The Bertz CT molecular complexity index is 781. The maximum Gasteiger partial charge on any atom is 0.243 e. The van der Waals surface area contributed by atoms with Gasteiger partial charge in [-0.05, 0) is 43.4 Å². The van der Waals surface area contributed by atoms with E-state index in [4.69, 9.17) is 0 Å². The molecule has 0 amide bonds. The molecule has 1 fully saturated rings. The molecule has 1 aliphatic heterocycles. The summed E-state index contributed by atoms with van der Waals surface area (Å²) in [4.78, 5) is 4.30. The van der Waals surface area contributed by atoms with Crippen molar-refractivity contribution in [2.45, 2.75) is 44.2 Å². The molecule has 1 unspecified atom stereocenters. The first-order valence-corrected chi connectivity index (χ1v) is 10.6. The molecule has 8 heteroatoms. The van der Waals surface area contributed by atoms with Crippen LogP contribution in [0.1, 0.15) is 38.3 Å². The SMILES string of the molecule is CC1CCN(S(=O)(=O)c2ccc(C(C)NCCn3cncn3)cc2)CC1. The number of rotatable bonds is 7. The Morgan fingerprint density at radius 2 is 1.92 bits per heavy atom. The van der Waals surface area contributed by atoms with E-state index in [0.717, 1.165) is 31.5 Å². The molecule has 2 aromatic rings. The highest BCUT2D eigenvalue weighted by Gasteiger charge is 2.27. The second kappa shape index (κ2) is 8.28. The molecule has 1 saturated heterocycles. The summed E-state index contributed by atoms with van der Waals surface area (Å²) in [7, 11) is -3.38. The number of nitrogens with zero attached hydrogens (tertiary/aromatic N) is 4. The van der Waals surface area contributed by atoms with Gasteiger partial charge in [-0.2, -0.15) is 9.40 Å². The van der Waals surface area contributed by atoms with Crippen LogP contribution in [-0.4, -0.2) is 47.1 Å². The van der Waals surface area contributed by atoms with Crippen LogP contribution in [0, 0.1) is 5.92 Å². The van der Waals surface area contributed by atoms with Crippen molar-refractivity contribution >= 4 is 10.0 Å². The maximum absolute atomic E-state index is 12.8. The Morgan fingerprint density at radius 3 is 2.54 bits per heavy atom. The van der Waals surface area contributed by atoms with Gasteiger partial charge in [-0.3, -0.25) is 4.68 Å². The molecule has 26 heavy (non-hydrogen) atoms. The van der Waals surface area contributed by atoms with Gasteiger partial charge in [-0.25, -0.2) is 13.4 Å². The van der Waals surface area contributed by atoms with Crippen molar-refractivity contribution in [1.29, 1.82) is 0 Å². The number of hydrogen-bond acceptors (Lipinski definition) is 5. The van der Waals surface area contributed by atoms with Gasteiger partial charge >= 0.3 is 0 Å². The fourth-order valence-electron chi connectivity index (χ4n) is 3.16. The summed E-state index contributed by atoms with van der Waals surface area (Å²) >= 11 is 0. The molecule has 3 rings (SSSR count). The molecule has 1 aliphatic rings. The topological polar surface area (TPSA) is 80.1 Å². The minimum Gasteiger partial charge on any atom is -0.308 e. The van der Waals surface area contributed by atoms with Crippen LogP contribution in [0.5, 0.6) is 0 Å². The van der Waals surface area contributed by atoms with Crippen molar-refractivity contribution in [3.63, 3.8) is 0 Å². The zero-order valence-corrected chi connectivity index (χ0v) is 16.2. The Balaban J connectivity index is 1.58. The van der Waals surface area contributed by atoms with Crippen LogP contribution in [0.15, 0.2) is 41.8 Å². The molecule has 1 atom stereocenters. The molecule has 142 valence electrons. The molecule has 0 radical (unpaired) electrons. The minimum absolute atomic E-state index is 0.131. The highest BCUT2D eigenvalue weighted by Crippen LogP contribution is 2.24. The van der Waals surface area contributed by atoms with Crippen LogP contribution in [-0.2, 0) is 16.6 Å². The van der Waals surface area contributed by atoms with E-state index in [1.54, 1.807) is 27.4 Å². The third-order valence-corrected chi connectivity index (χ3v) is 6.93. The second-order valence-corrected chi connectivity index (χ2v) is 8.93. The van der Waals surface area contributed by atoms with Crippen LogP contribution in [0.25, 0.3) is 0 Å². The largest absolute Gasteiger partial charge is 0.308 e. The summed E-state index contributed by atoms with van der Waals surface area (Å²) in [5.74, 6) is 0.605. The first kappa shape index (κ1) is 19.0. The molecule has 1 aromatic carbocycles. The molecule has 2 heterocycles. The molecule has 0 aliphatic carbocycles. The predicted octanol–water partition coefficient (Wildman–Crippen LogP) is 2.05. The zero-order valence-electron chi connectivity index (χ0n) is 15.4. The van der Waals surface area contributed by atoms with Gasteiger partial charge < -0.3 is 5.32 Å². The van der Waals surface area contributed by atoms with Crippen molar-refractivity contribution in [3.05, 3.63) is 42.5 Å². The van der Waals surface area contributed by atoms with E-state index < -0.39 is 10.0 Å². The molecular formula is C18H27N5O2S. The second-order valence-electron chi connectivity index (χ2n) is 6.99. The zero-order chi connectivity index (χ0) is 18.6. The van der Waals surface area contributed by atoms with Gasteiger partial charge in [0.05, 0.1) is 11.4 Å². The summed E-state index contributed by atoms with van der Waals surface area (Å²) in [5, 5.41) is 7.48. The van der Waals surface area contributed by atoms with Gasteiger partial charge in [-0.15, -0.1) is 0 Å². The van der Waals surface area contributed by atoms with E-state index in [1.165, 1.54) is 6.33 Å². The monoisotopic (exact) mass is 377 g/mol. The molecule has 7 nitrogen and oxygen atoms in total. The lowest BCUT2D eigenvalue weighted by atomic mass is 10.0. The Hall–Kier alpha value is -1.77. The van der Waals surface area contributed by atoms with Gasteiger partial charge in [-0.1, -0.05) is 19.1 Å². The first-order chi connectivity index (χ1) is 12.5. The molecule has 0 spiro atoms. The van der Waals surface area contributed by atoms with E-state index in [1.807, 2.05) is 12.1 Å². The average Bonchev–Trinajstić information content (AvgIpc) is 3.15. The standard InChI is InChI=1S/C18H27N5O2S/c1-15-7-10-23(11-8-15)26(24,25)18-5-3-17(4-6-18)16(2)20-9-12-22-14-19-13-21-22/h3-6,13-16,20H,7-12H2,1-2H3. The Morgan fingerprint density at radius 1 is 1.23 bits per heavy atom. The lowest BCUT2D eigenvalue weighted by Gasteiger charge is -2.29. The van der Waals surface area contributed by atoms with Crippen molar-refractivity contribution in [1.82, 2.24) is 24.4 Å². The van der Waals surface area contributed by atoms with E-state index in [9.17, 15) is 8.42 Å². The maximum atomic E-state index is 12.8. The summed E-state index contributed by atoms with van der Waals surface area (Å²) in [6, 6.07) is 7.36. The Kier molecular flexibility index (Phi) is 6.05. The minimum atomic E-state index is -3.38. The van der Waals surface area contributed by atoms with Crippen LogP contribution >= 0.6 is 0 Å². The molecule has 0 saturated carbocycles. The summed E-state index contributed by atoms with van der Waals surface area (Å²) in [5.41, 5.74) is 1.06. The number of sulfonamides is 1. The number of benzene rings is 1. The van der Waals surface area contributed by atoms with Crippen LogP contribution in [0.4, 0.5) is 0 Å². The van der Waals surface area contributed by atoms with Crippen LogP contribution in [0.2, 0.25) is 0 Å². The average molecular weight is 378 g/mol. The van der Waals surface area contributed by atoms with E-state index >= 15 is 0 Å². The van der Waals surface area contributed by atoms with Crippen molar-refractivity contribution in [2.75, 3.05) is 19.6 Å². The highest BCUT2D eigenvalue weighted by molar-refractivity contribution is 7.89. The first-order valence-electron chi connectivity index (χ1n) is 9.12. The van der Waals surface area contributed by atoms with Crippen molar-refractivity contribution in [2.24, 2.45) is 5.92 Å². The van der Waals surface area contributed by atoms with Crippen LogP contribution in [0.3, 0.4) is 0 Å². The van der Waals surface area contributed by atoms with E-state index in [-0.39, 0.29) is 6.04 Å². The summed E-state index contributed by atoms with van der Waals surface area (Å²) in [6.07, 6.45) is 5.08. The summed E-state index contributed by atoms with van der Waals surface area (Å²) in [6.45, 7) is 6.98. The fraction of sp³-hybridized carbons (Fsp3) is 0.556. The third-order valence-electron chi connectivity index (χ3n) is 5.02.